The van der Waals surface area contributed by atoms with Crippen LogP contribution in [0.4, 0.5) is 4.39 Å². The van der Waals surface area contributed by atoms with Gasteiger partial charge in [-0.15, -0.1) is 4.83 Å². The minimum atomic E-state index is -4.04. The third-order valence-corrected chi connectivity index (χ3v) is 5.66. The van der Waals surface area contributed by atoms with Crippen molar-refractivity contribution in [2.24, 2.45) is 0 Å². The van der Waals surface area contributed by atoms with E-state index in [-0.39, 0.29) is 10.5 Å². The van der Waals surface area contributed by atoms with Crippen LogP contribution in [0, 0.1) is 12.7 Å². The Morgan fingerprint density at radius 1 is 0.966 bits per heavy atom. The Morgan fingerprint density at radius 2 is 1.62 bits per heavy atom. The molecule has 0 unspecified atom stereocenters. The molecule has 0 aliphatic rings. The van der Waals surface area contributed by atoms with Gasteiger partial charge in [-0.3, -0.25) is 10.2 Å². The average molecular weight is 414 g/mol. The minimum Gasteiger partial charge on any atom is -0.497 e. The fraction of sp³-hybridized carbons (Fsp3) is 0.0952. The zero-order chi connectivity index (χ0) is 21.0. The van der Waals surface area contributed by atoms with Crippen LogP contribution >= 0.6 is 0 Å². The summed E-state index contributed by atoms with van der Waals surface area (Å²) in [5.41, 5.74) is 3.74. The summed E-state index contributed by atoms with van der Waals surface area (Å²) in [6.45, 7) is 1.61. The normalized spacial score (nSPS) is 11.1. The lowest BCUT2D eigenvalue weighted by Crippen LogP contribution is -2.42. The van der Waals surface area contributed by atoms with Gasteiger partial charge in [-0.05, 0) is 53.9 Å². The lowest BCUT2D eigenvalue weighted by molar-refractivity contribution is 0.0940. The van der Waals surface area contributed by atoms with Crippen molar-refractivity contribution < 1.29 is 22.3 Å². The van der Waals surface area contributed by atoms with Crippen LogP contribution in [0.15, 0.2) is 71.6 Å². The molecular weight excluding hydrogens is 395 g/mol. The van der Waals surface area contributed by atoms with E-state index in [0.717, 1.165) is 5.56 Å². The molecule has 2 N–H and O–H groups in total. The summed E-state index contributed by atoms with van der Waals surface area (Å²) in [6.07, 6.45) is 0. The number of carbonyl (C=O) groups excluding carboxylic acids is 1. The molecule has 0 aromatic heterocycles. The zero-order valence-electron chi connectivity index (χ0n) is 15.8. The highest BCUT2D eigenvalue weighted by Crippen LogP contribution is 2.27. The number of amides is 1. The Bertz CT molecular complexity index is 1130. The third-order valence-electron chi connectivity index (χ3n) is 4.39. The predicted molar refractivity (Wildman–Crippen MR) is 107 cm³/mol. The molecule has 0 aliphatic carbocycles. The maximum Gasteiger partial charge on any atom is 0.269 e. The molecule has 150 valence electrons. The Morgan fingerprint density at radius 3 is 2.24 bits per heavy atom. The van der Waals surface area contributed by atoms with Gasteiger partial charge in [-0.2, -0.15) is 0 Å². The van der Waals surface area contributed by atoms with Crippen molar-refractivity contribution in [2.45, 2.75) is 11.8 Å². The quantitative estimate of drug-likeness (QED) is 0.605. The van der Waals surface area contributed by atoms with Gasteiger partial charge in [-0.1, -0.05) is 36.4 Å². The summed E-state index contributed by atoms with van der Waals surface area (Å²) in [7, 11) is -2.58. The Labute approximate surface area is 168 Å². The standard InChI is InChI=1S/C21H19FN2O4S/c1-14-18(15-6-4-3-5-7-15)12-13-19(22)20(14)21(25)23-24-29(26,27)17-10-8-16(28-2)9-11-17/h3-13,24H,1-2H3,(H,23,25). The Kier molecular flexibility index (Phi) is 5.95. The number of methoxy groups -OCH3 is 1. The predicted octanol–water partition coefficient (Wildman–Crippen LogP) is 3.43. The van der Waals surface area contributed by atoms with Crippen LogP contribution in [0.5, 0.6) is 5.75 Å². The van der Waals surface area contributed by atoms with E-state index in [1.807, 2.05) is 35.2 Å². The van der Waals surface area contributed by atoms with Crippen molar-refractivity contribution in [1.29, 1.82) is 0 Å². The van der Waals surface area contributed by atoms with E-state index < -0.39 is 21.7 Å². The summed E-state index contributed by atoms with van der Waals surface area (Å²) < 4.78 is 44.1. The molecule has 0 saturated carbocycles. The number of hydrogen-bond donors (Lipinski definition) is 2. The smallest absolute Gasteiger partial charge is 0.269 e. The van der Waals surface area contributed by atoms with Gasteiger partial charge in [0.15, 0.2) is 0 Å². The van der Waals surface area contributed by atoms with Crippen LogP contribution in [0.1, 0.15) is 15.9 Å². The highest BCUT2D eigenvalue weighted by atomic mass is 32.2. The number of hydrogen-bond acceptors (Lipinski definition) is 4. The second-order valence-electron chi connectivity index (χ2n) is 6.20. The summed E-state index contributed by atoms with van der Waals surface area (Å²) in [5, 5.41) is 0. The van der Waals surface area contributed by atoms with E-state index in [1.165, 1.54) is 37.4 Å². The largest absolute Gasteiger partial charge is 0.497 e. The molecule has 0 heterocycles. The van der Waals surface area contributed by atoms with E-state index in [9.17, 15) is 17.6 Å². The van der Waals surface area contributed by atoms with E-state index >= 15 is 0 Å². The molecule has 0 saturated heterocycles. The van der Waals surface area contributed by atoms with Crippen molar-refractivity contribution in [3.05, 3.63) is 83.7 Å². The molecule has 3 aromatic carbocycles. The highest BCUT2D eigenvalue weighted by molar-refractivity contribution is 7.89. The van der Waals surface area contributed by atoms with Gasteiger partial charge < -0.3 is 4.74 Å². The van der Waals surface area contributed by atoms with Crippen molar-refractivity contribution in [3.63, 3.8) is 0 Å². The van der Waals surface area contributed by atoms with Gasteiger partial charge in [-0.25, -0.2) is 12.8 Å². The summed E-state index contributed by atoms with van der Waals surface area (Å²) in [4.78, 5) is 14.5. The van der Waals surface area contributed by atoms with Crippen molar-refractivity contribution in [2.75, 3.05) is 7.11 Å². The van der Waals surface area contributed by atoms with E-state index in [2.05, 4.69) is 5.43 Å². The molecule has 0 aliphatic heterocycles. The lowest BCUT2D eigenvalue weighted by Gasteiger charge is -2.14. The number of halogens is 1. The minimum absolute atomic E-state index is 0.0752. The number of rotatable bonds is 6. The fourth-order valence-electron chi connectivity index (χ4n) is 2.88. The van der Waals surface area contributed by atoms with Gasteiger partial charge in [0.1, 0.15) is 11.6 Å². The van der Waals surface area contributed by atoms with Gasteiger partial charge in [0.2, 0.25) is 0 Å². The first-order chi connectivity index (χ1) is 13.8. The number of nitrogens with one attached hydrogen (secondary N) is 2. The monoisotopic (exact) mass is 414 g/mol. The van der Waals surface area contributed by atoms with Crippen LogP contribution in [0.2, 0.25) is 0 Å². The Balaban J connectivity index is 1.83. The molecule has 6 nitrogen and oxygen atoms in total. The molecule has 0 fully saturated rings. The van der Waals surface area contributed by atoms with E-state index in [4.69, 9.17) is 4.74 Å². The van der Waals surface area contributed by atoms with Crippen molar-refractivity contribution in [3.8, 4) is 16.9 Å². The maximum absolute atomic E-state index is 14.4. The SMILES string of the molecule is COc1ccc(S(=O)(=O)NNC(=O)c2c(F)ccc(-c3ccccc3)c2C)cc1. The van der Waals surface area contributed by atoms with Gasteiger partial charge in [0.05, 0.1) is 17.6 Å². The van der Waals surface area contributed by atoms with Crippen LogP contribution in [0.25, 0.3) is 11.1 Å². The summed E-state index contributed by atoms with van der Waals surface area (Å²) in [5.74, 6) is -1.15. The van der Waals surface area contributed by atoms with Gasteiger partial charge in [0.25, 0.3) is 15.9 Å². The number of benzene rings is 3. The van der Waals surface area contributed by atoms with E-state index in [1.54, 1.807) is 13.0 Å². The molecule has 29 heavy (non-hydrogen) atoms. The molecule has 0 spiro atoms. The third kappa shape index (κ3) is 4.44. The molecule has 1 amide bonds. The topological polar surface area (TPSA) is 84.5 Å². The van der Waals surface area contributed by atoms with Crippen molar-refractivity contribution >= 4 is 15.9 Å². The van der Waals surface area contributed by atoms with Crippen LogP contribution in [-0.4, -0.2) is 21.4 Å². The number of sulfonamides is 1. The van der Waals surface area contributed by atoms with E-state index in [0.29, 0.717) is 16.9 Å². The molecular formula is C21H19FN2O4S. The zero-order valence-corrected chi connectivity index (χ0v) is 16.6. The molecule has 3 rings (SSSR count). The first-order valence-electron chi connectivity index (χ1n) is 8.64. The van der Waals surface area contributed by atoms with Gasteiger partial charge >= 0.3 is 0 Å². The molecule has 0 radical (unpaired) electrons. The van der Waals surface area contributed by atoms with Crippen LogP contribution in [-0.2, 0) is 10.0 Å². The highest BCUT2D eigenvalue weighted by Gasteiger charge is 2.21. The second-order valence-corrected chi connectivity index (χ2v) is 7.88. The molecule has 8 heteroatoms. The molecule has 0 bridgehead atoms. The van der Waals surface area contributed by atoms with Crippen molar-refractivity contribution in [1.82, 2.24) is 10.3 Å². The number of ether oxygens (including phenoxy) is 1. The average Bonchev–Trinajstić information content (AvgIpc) is 2.73. The van der Waals surface area contributed by atoms with Crippen LogP contribution < -0.4 is 15.0 Å². The first-order valence-corrected chi connectivity index (χ1v) is 10.1. The second kappa shape index (κ2) is 8.42. The first kappa shape index (κ1) is 20.5. The van der Waals surface area contributed by atoms with Crippen LogP contribution in [0.3, 0.4) is 0 Å². The van der Waals surface area contributed by atoms with Gasteiger partial charge in [0, 0.05) is 0 Å². The molecule has 0 atom stereocenters. The number of carbonyl (C=O) groups is 1. The Hall–Kier alpha value is -3.23. The number of hydrazine groups is 1. The summed E-state index contributed by atoms with van der Waals surface area (Å²) in [6, 6.07) is 17.6. The fourth-order valence-corrected chi connectivity index (χ4v) is 3.72. The lowest BCUT2D eigenvalue weighted by atomic mass is 9.96. The maximum atomic E-state index is 14.4. The summed E-state index contributed by atoms with van der Waals surface area (Å²) >= 11 is 0. The molecule has 3 aromatic rings.